The SMILES string of the molecule is C1=C(c2ccc(OC3CCCCCC3)cc2)CCNC1. The average molecular weight is 271 g/mol. The Labute approximate surface area is 122 Å². The average Bonchev–Trinajstić information content (AvgIpc) is 2.78. The van der Waals surface area contributed by atoms with Crippen molar-refractivity contribution in [2.24, 2.45) is 0 Å². The second-order valence-corrected chi connectivity index (χ2v) is 5.94. The summed E-state index contributed by atoms with van der Waals surface area (Å²) in [4.78, 5) is 0. The van der Waals surface area contributed by atoms with E-state index in [0.717, 1.165) is 25.3 Å². The van der Waals surface area contributed by atoms with Gasteiger partial charge in [0.15, 0.2) is 0 Å². The maximum absolute atomic E-state index is 6.15. The second kappa shape index (κ2) is 6.94. The quantitative estimate of drug-likeness (QED) is 0.833. The van der Waals surface area contributed by atoms with Crippen molar-refractivity contribution < 1.29 is 4.74 Å². The van der Waals surface area contributed by atoms with Crippen LogP contribution < -0.4 is 10.1 Å². The minimum atomic E-state index is 0.432. The van der Waals surface area contributed by atoms with Gasteiger partial charge in [0.1, 0.15) is 5.75 Å². The van der Waals surface area contributed by atoms with Crippen LogP contribution in [0.2, 0.25) is 0 Å². The lowest BCUT2D eigenvalue weighted by atomic mass is 10.0. The van der Waals surface area contributed by atoms with Crippen LogP contribution in [0.3, 0.4) is 0 Å². The molecule has 1 aromatic rings. The molecule has 0 radical (unpaired) electrons. The van der Waals surface area contributed by atoms with Gasteiger partial charge in [-0.3, -0.25) is 0 Å². The molecule has 0 unspecified atom stereocenters. The Morgan fingerprint density at radius 2 is 1.70 bits per heavy atom. The molecule has 1 aliphatic carbocycles. The molecule has 0 amide bonds. The van der Waals surface area contributed by atoms with Crippen molar-refractivity contribution in [1.29, 1.82) is 0 Å². The van der Waals surface area contributed by atoms with Crippen molar-refractivity contribution in [3.05, 3.63) is 35.9 Å². The minimum Gasteiger partial charge on any atom is -0.490 e. The molecule has 20 heavy (non-hydrogen) atoms. The van der Waals surface area contributed by atoms with Gasteiger partial charge in [0, 0.05) is 6.54 Å². The second-order valence-electron chi connectivity index (χ2n) is 5.94. The first-order valence-electron chi connectivity index (χ1n) is 8.09. The molecule has 0 spiro atoms. The maximum atomic E-state index is 6.15. The Morgan fingerprint density at radius 1 is 0.950 bits per heavy atom. The molecule has 1 saturated carbocycles. The number of nitrogens with one attached hydrogen (secondary N) is 1. The third kappa shape index (κ3) is 3.63. The summed E-state index contributed by atoms with van der Waals surface area (Å²) in [7, 11) is 0. The topological polar surface area (TPSA) is 21.3 Å². The van der Waals surface area contributed by atoms with Crippen molar-refractivity contribution in [2.45, 2.75) is 51.0 Å². The van der Waals surface area contributed by atoms with Crippen LogP contribution in [0.4, 0.5) is 0 Å². The summed E-state index contributed by atoms with van der Waals surface area (Å²) >= 11 is 0. The Morgan fingerprint density at radius 3 is 2.35 bits per heavy atom. The Kier molecular flexibility index (Phi) is 4.75. The van der Waals surface area contributed by atoms with E-state index >= 15 is 0 Å². The smallest absolute Gasteiger partial charge is 0.119 e. The molecule has 3 rings (SSSR count). The minimum absolute atomic E-state index is 0.432. The molecule has 0 aromatic heterocycles. The first-order chi connectivity index (χ1) is 9.92. The first-order valence-corrected chi connectivity index (χ1v) is 8.09. The van der Waals surface area contributed by atoms with Gasteiger partial charge in [0.25, 0.3) is 0 Å². The molecule has 1 fully saturated rings. The monoisotopic (exact) mass is 271 g/mol. The van der Waals surface area contributed by atoms with Crippen LogP contribution in [0.1, 0.15) is 50.5 Å². The van der Waals surface area contributed by atoms with Crippen molar-refractivity contribution in [3.8, 4) is 5.75 Å². The van der Waals surface area contributed by atoms with Gasteiger partial charge in [0.2, 0.25) is 0 Å². The largest absolute Gasteiger partial charge is 0.490 e. The van der Waals surface area contributed by atoms with E-state index in [4.69, 9.17) is 4.74 Å². The van der Waals surface area contributed by atoms with Crippen LogP contribution in [0.15, 0.2) is 30.3 Å². The van der Waals surface area contributed by atoms with E-state index in [1.165, 1.54) is 49.7 Å². The normalized spacial score (nSPS) is 21.1. The van der Waals surface area contributed by atoms with Gasteiger partial charge in [-0.05, 0) is 61.9 Å². The van der Waals surface area contributed by atoms with E-state index in [-0.39, 0.29) is 0 Å². The van der Waals surface area contributed by atoms with E-state index in [2.05, 4.69) is 35.7 Å². The molecular weight excluding hydrogens is 246 g/mol. The van der Waals surface area contributed by atoms with E-state index < -0.39 is 0 Å². The lowest BCUT2D eigenvalue weighted by molar-refractivity contribution is 0.184. The predicted molar refractivity (Wildman–Crippen MR) is 84.0 cm³/mol. The van der Waals surface area contributed by atoms with Gasteiger partial charge in [-0.2, -0.15) is 0 Å². The van der Waals surface area contributed by atoms with Crippen LogP contribution in [0.25, 0.3) is 5.57 Å². The van der Waals surface area contributed by atoms with E-state index in [0.29, 0.717) is 6.10 Å². The number of benzene rings is 1. The Hall–Kier alpha value is -1.28. The lowest BCUT2D eigenvalue weighted by Crippen LogP contribution is -2.20. The van der Waals surface area contributed by atoms with Gasteiger partial charge in [-0.15, -0.1) is 0 Å². The van der Waals surface area contributed by atoms with E-state index in [1.54, 1.807) is 0 Å². The molecule has 1 heterocycles. The Balaban J connectivity index is 1.62. The summed E-state index contributed by atoms with van der Waals surface area (Å²) < 4.78 is 6.15. The molecule has 2 nitrogen and oxygen atoms in total. The first kappa shape index (κ1) is 13.7. The molecule has 2 heteroatoms. The van der Waals surface area contributed by atoms with Gasteiger partial charge >= 0.3 is 0 Å². The van der Waals surface area contributed by atoms with Crippen LogP contribution in [-0.2, 0) is 0 Å². The zero-order chi connectivity index (χ0) is 13.6. The molecule has 0 bridgehead atoms. The number of hydrogen-bond acceptors (Lipinski definition) is 2. The molecule has 1 N–H and O–H groups in total. The maximum Gasteiger partial charge on any atom is 0.119 e. The highest BCUT2D eigenvalue weighted by molar-refractivity contribution is 5.67. The fourth-order valence-corrected chi connectivity index (χ4v) is 3.18. The zero-order valence-corrected chi connectivity index (χ0v) is 12.2. The highest BCUT2D eigenvalue weighted by atomic mass is 16.5. The summed E-state index contributed by atoms with van der Waals surface area (Å²) in [5.74, 6) is 1.04. The highest BCUT2D eigenvalue weighted by Gasteiger charge is 2.13. The fraction of sp³-hybridized carbons (Fsp3) is 0.556. The van der Waals surface area contributed by atoms with Gasteiger partial charge < -0.3 is 10.1 Å². The fourth-order valence-electron chi connectivity index (χ4n) is 3.18. The molecular formula is C18H25NO. The lowest BCUT2D eigenvalue weighted by Gasteiger charge is -2.18. The summed E-state index contributed by atoms with van der Waals surface area (Å²) in [5.41, 5.74) is 2.81. The third-order valence-electron chi connectivity index (χ3n) is 4.39. The van der Waals surface area contributed by atoms with Gasteiger partial charge in [-0.1, -0.05) is 31.1 Å². The van der Waals surface area contributed by atoms with E-state index in [1.807, 2.05) is 0 Å². The number of hydrogen-bond donors (Lipinski definition) is 1. The molecule has 108 valence electrons. The van der Waals surface area contributed by atoms with E-state index in [9.17, 15) is 0 Å². The van der Waals surface area contributed by atoms with Crippen molar-refractivity contribution in [2.75, 3.05) is 13.1 Å². The standard InChI is InChI=1S/C18H25NO/c1-2-4-6-17(5-3-1)20-18-9-7-15(8-10-18)16-11-13-19-14-12-16/h7-11,17,19H,1-6,12-14H2. The molecule has 1 aromatic carbocycles. The summed E-state index contributed by atoms with van der Waals surface area (Å²) in [5, 5.41) is 3.35. The van der Waals surface area contributed by atoms with Crippen molar-refractivity contribution >= 4 is 5.57 Å². The Bertz CT molecular complexity index is 441. The summed E-state index contributed by atoms with van der Waals surface area (Å²) in [6, 6.07) is 8.71. The van der Waals surface area contributed by atoms with Crippen LogP contribution in [-0.4, -0.2) is 19.2 Å². The van der Waals surface area contributed by atoms with Gasteiger partial charge in [-0.25, -0.2) is 0 Å². The van der Waals surface area contributed by atoms with Crippen LogP contribution in [0.5, 0.6) is 5.75 Å². The predicted octanol–water partition coefficient (Wildman–Crippen LogP) is 4.16. The van der Waals surface area contributed by atoms with Crippen molar-refractivity contribution in [1.82, 2.24) is 5.32 Å². The third-order valence-corrected chi connectivity index (χ3v) is 4.39. The highest BCUT2D eigenvalue weighted by Crippen LogP contribution is 2.25. The molecule has 1 aliphatic heterocycles. The molecule has 0 atom stereocenters. The van der Waals surface area contributed by atoms with Crippen molar-refractivity contribution in [3.63, 3.8) is 0 Å². The summed E-state index contributed by atoms with van der Waals surface area (Å²) in [6.45, 7) is 2.09. The summed E-state index contributed by atoms with van der Waals surface area (Å²) in [6.07, 6.45) is 11.7. The molecule has 0 saturated heterocycles. The number of rotatable bonds is 3. The zero-order valence-electron chi connectivity index (χ0n) is 12.2. The number of ether oxygens (including phenoxy) is 1. The van der Waals surface area contributed by atoms with Gasteiger partial charge in [0.05, 0.1) is 6.10 Å². The van der Waals surface area contributed by atoms with Crippen LogP contribution >= 0.6 is 0 Å². The molecule has 2 aliphatic rings. The van der Waals surface area contributed by atoms with Crippen LogP contribution in [0, 0.1) is 0 Å².